The molecule has 0 spiro atoms. The van der Waals surface area contributed by atoms with Crippen molar-refractivity contribution in [3.05, 3.63) is 45.2 Å². The molecule has 0 fully saturated rings. The van der Waals surface area contributed by atoms with Crippen LogP contribution in [0.4, 0.5) is 5.69 Å². The summed E-state index contributed by atoms with van der Waals surface area (Å²) in [6.07, 6.45) is 0.412. The second-order valence-electron chi connectivity index (χ2n) is 4.91. The van der Waals surface area contributed by atoms with Crippen LogP contribution >= 0.6 is 23.4 Å². The summed E-state index contributed by atoms with van der Waals surface area (Å²) >= 11 is 6.77. The molecule has 0 saturated carbocycles. The summed E-state index contributed by atoms with van der Waals surface area (Å²) in [7, 11) is 0. The summed E-state index contributed by atoms with van der Waals surface area (Å²) in [6.45, 7) is 1.77. The first-order valence-electron chi connectivity index (χ1n) is 7.11. The first kappa shape index (κ1) is 18.8. The molecule has 1 amide bonds. The number of rotatable bonds is 6. The predicted octanol–water partition coefficient (Wildman–Crippen LogP) is 2.34. The number of aromatic hydroxyl groups is 1. The van der Waals surface area contributed by atoms with Gasteiger partial charge in [0.2, 0.25) is 11.8 Å². The summed E-state index contributed by atoms with van der Waals surface area (Å²) in [5, 5.41) is 20.6. The number of aromatic nitrogens is 2. The number of aromatic amines is 1. The Bertz CT molecular complexity index is 870. The lowest BCUT2D eigenvalue weighted by Crippen LogP contribution is -2.25. The van der Waals surface area contributed by atoms with Crippen molar-refractivity contribution in [2.45, 2.75) is 23.8 Å². The Balaban J connectivity index is 2.16. The van der Waals surface area contributed by atoms with Gasteiger partial charge in [-0.15, -0.1) is 0 Å². The number of carbonyl (C=O) groups is 2. The van der Waals surface area contributed by atoms with Crippen LogP contribution in [0.5, 0.6) is 5.88 Å². The molecule has 0 aliphatic heterocycles. The fourth-order valence-corrected chi connectivity index (χ4v) is 3.03. The molecule has 1 unspecified atom stereocenters. The number of carbonyl (C=O) groups excluding carboxylic acids is 1. The highest BCUT2D eigenvalue weighted by atomic mass is 35.5. The van der Waals surface area contributed by atoms with Crippen molar-refractivity contribution in [1.29, 1.82) is 0 Å². The van der Waals surface area contributed by atoms with Gasteiger partial charge in [-0.2, -0.15) is 4.98 Å². The van der Waals surface area contributed by atoms with Crippen LogP contribution in [-0.4, -0.2) is 37.3 Å². The predicted molar refractivity (Wildman–Crippen MR) is 93.5 cm³/mol. The van der Waals surface area contributed by atoms with Crippen molar-refractivity contribution >= 4 is 40.9 Å². The van der Waals surface area contributed by atoms with Gasteiger partial charge in [0.25, 0.3) is 5.56 Å². The highest BCUT2D eigenvalue weighted by Gasteiger charge is 2.20. The summed E-state index contributed by atoms with van der Waals surface area (Å²) in [4.78, 5) is 41.0. The highest BCUT2D eigenvalue weighted by Crippen LogP contribution is 2.25. The molecule has 1 aromatic carbocycles. The Morgan fingerprint density at radius 2 is 2.12 bits per heavy atom. The van der Waals surface area contributed by atoms with E-state index in [0.29, 0.717) is 6.42 Å². The standard InChI is InChI=1S/C15H14ClN3O5S/c1-2-10(25-15-18-11(20)6-12(21)19-15)13(22)17-7-3-4-9(16)8(5-7)14(23)24/h3-6,10H,2H2,1H3,(H,17,22)(H,23,24)(H2,18,19,20,21). The van der Waals surface area contributed by atoms with Crippen molar-refractivity contribution in [3.63, 3.8) is 0 Å². The van der Waals surface area contributed by atoms with E-state index >= 15 is 0 Å². The second kappa shape index (κ2) is 8.04. The number of nitrogens with one attached hydrogen (secondary N) is 2. The number of nitrogens with zero attached hydrogens (tertiary/aromatic N) is 1. The van der Waals surface area contributed by atoms with E-state index in [-0.39, 0.29) is 21.4 Å². The smallest absolute Gasteiger partial charge is 0.337 e. The average Bonchev–Trinajstić information content (AvgIpc) is 2.53. The fourth-order valence-electron chi connectivity index (χ4n) is 1.93. The maximum absolute atomic E-state index is 12.4. The van der Waals surface area contributed by atoms with Crippen molar-refractivity contribution < 1.29 is 19.8 Å². The summed E-state index contributed by atoms with van der Waals surface area (Å²) in [5.41, 5.74) is -0.378. The van der Waals surface area contributed by atoms with Crippen LogP contribution in [-0.2, 0) is 4.79 Å². The molecule has 1 atom stereocenters. The largest absolute Gasteiger partial charge is 0.493 e. The van der Waals surface area contributed by atoms with E-state index in [0.717, 1.165) is 17.8 Å². The topological polar surface area (TPSA) is 132 Å². The number of hydrogen-bond donors (Lipinski definition) is 4. The van der Waals surface area contributed by atoms with Crippen molar-refractivity contribution in [1.82, 2.24) is 9.97 Å². The second-order valence-corrected chi connectivity index (χ2v) is 6.51. The van der Waals surface area contributed by atoms with Gasteiger partial charge in [-0.1, -0.05) is 30.3 Å². The summed E-state index contributed by atoms with van der Waals surface area (Å²) < 4.78 is 0. The molecule has 0 saturated heterocycles. The monoisotopic (exact) mass is 383 g/mol. The fraction of sp³-hybridized carbons (Fsp3) is 0.200. The number of anilines is 1. The zero-order valence-electron chi connectivity index (χ0n) is 12.9. The normalized spacial score (nSPS) is 11.8. The van der Waals surface area contributed by atoms with Crippen molar-refractivity contribution in [2.24, 2.45) is 0 Å². The zero-order chi connectivity index (χ0) is 18.6. The van der Waals surface area contributed by atoms with Gasteiger partial charge in [-0.25, -0.2) is 4.79 Å². The SMILES string of the molecule is CCC(Sc1nc(O)cc(=O)[nH]1)C(=O)Nc1ccc(Cl)c(C(=O)O)c1. The minimum Gasteiger partial charge on any atom is -0.493 e. The van der Waals surface area contributed by atoms with Crippen LogP contribution in [0.2, 0.25) is 5.02 Å². The molecular formula is C15H14ClN3O5S. The average molecular weight is 384 g/mol. The molecular weight excluding hydrogens is 370 g/mol. The van der Waals surface area contributed by atoms with Crippen LogP contribution < -0.4 is 10.9 Å². The van der Waals surface area contributed by atoms with E-state index in [1.54, 1.807) is 6.92 Å². The van der Waals surface area contributed by atoms with E-state index in [2.05, 4.69) is 15.3 Å². The number of aromatic carboxylic acids is 1. The zero-order valence-corrected chi connectivity index (χ0v) is 14.5. The number of benzene rings is 1. The number of carboxylic acid groups (broad SMARTS) is 1. The molecule has 8 nitrogen and oxygen atoms in total. The van der Waals surface area contributed by atoms with Gasteiger partial charge in [0.1, 0.15) is 0 Å². The Morgan fingerprint density at radius 1 is 1.40 bits per heavy atom. The Labute approximate surface area is 151 Å². The Morgan fingerprint density at radius 3 is 2.72 bits per heavy atom. The van der Waals surface area contributed by atoms with Crippen LogP contribution in [0.15, 0.2) is 34.2 Å². The highest BCUT2D eigenvalue weighted by molar-refractivity contribution is 8.00. The van der Waals surface area contributed by atoms with Crippen LogP contribution in [0.1, 0.15) is 23.7 Å². The van der Waals surface area contributed by atoms with Gasteiger partial charge in [0.05, 0.1) is 21.9 Å². The van der Waals surface area contributed by atoms with Crippen molar-refractivity contribution in [2.75, 3.05) is 5.32 Å². The number of amides is 1. The molecule has 0 radical (unpaired) electrons. The van der Waals surface area contributed by atoms with Gasteiger partial charge in [-0.05, 0) is 24.6 Å². The van der Waals surface area contributed by atoms with Crippen LogP contribution in [0.25, 0.3) is 0 Å². The number of carboxylic acids is 1. The lowest BCUT2D eigenvalue weighted by molar-refractivity contribution is -0.115. The minimum atomic E-state index is -1.20. The Hall–Kier alpha value is -2.52. The van der Waals surface area contributed by atoms with Crippen molar-refractivity contribution in [3.8, 4) is 5.88 Å². The quantitative estimate of drug-likeness (QED) is 0.444. The van der Waals surface area contributed by atoms with E-state index in [9.17, 15) is 19.5 Å². The molecule has 2 aromatic rings. The van der Waals surface area contributed by atoms with Gasteiger partial charge in [-0.3, -0.25) is 9.59 Å². The summed E-state index contributed by atoms with van der Waals surface area (Å²) in [6, 6.07) is 5.04. The maximum atomic E-state index is 12.4. The van der Waals surface area contributed by atoms with Gasteiger partial charge < -0.3 is 20.5 Å². The molecule has 25 heavy (non-hydrogen) atoms. The van der Waals surface area contributed by atoms with Crippen LogP contribution in [0.3, 0.4) is 0 Å². The van der Waals surface area contributed by atoms with Gasteiger partial charge >= 0.3 is 5.97 Å². The van der Waals surface area contributed by atoms with Gasteiger partial charge in [0, 0.05) is 5.69 Å². The molecule has 0 aliphatic rings. The molecule has 0 aliphatic carbocycles. The van der Waals surface area contributed by atoms with E-state index in [1.165, 1.54) is 18.2 Å². The number of hydrogen-bond acceptors (Lipinski definition) is 6. The first-order chi connectivity index (χ1) is 11.8. The maximum Gasteiger partial charge on any atom is 0.337 e. The van der Waals surface area contributed by atoms with E-state index in [1.807, 2.05) is 0 Å². The lowest BCUT2D eigenvalue weighted by Gasteiger charge is -2.14. The molecule has 0 bridgehead atoms. The molecule has 132 valence electrons. The lowest BCUT2D eigenvalue weighted by atomic mass is 10.2. The Kier molecular flexibility index (Phi) is 6.05. The van der Waals surface area contributed by atoms with Gasteiger partial charge in [0.15, 0.2) is 5.16 Å². The summed E-state index contributed by atoms with van der Waals surface area (Å²) in [5.74, 6) is -2.05. The molecule has 2 rings (SSSR count). The van der Waals surface area contributed by atoms with E-state index in [4.69, 9.17) is 16.7 Å². The minimum absolute atomic E-state index is 0.0634. The van der Waals surface area contributed by atoms with E-state index < -0.39 is 28.6 Å². The number of H-pyrrole nitrogens is 1. The third-order valence-corrected chi connectivity index (χ3v) is 4.67. The molecule has 1 heterocycles. The number of thioether (sulfide) groups is 1. The molecule has 10 heteroatoms. The van der Waals surface area contributed by atoms with Crippen LogP contribution in [0, 0.1) is 0 Å². The molecule has 4 N–H and O–H groups in total. The third kappa shape index (κ3) is 4.97. The number of halogens is 1. The third-order valence-electron chi connectivity index (χ3n) is 3.09. The molecule has 1 aromatic heterocycles. The first-order valence-corrected chi connectivity index (χ1v) is 8.36.